The zero-order valence-corrected chi connectivity index (χ0v) is 16.3. The predicted octanol–water partition coefficient (Wildman–Crippen LogP) is 5.49. The largest absolute Gasteiger partial charge is 0.411 e. The van der Waals surface area contributed by atoms with Crippen LogP contribution in [0, 0.1) is 0 Å². The Hall–Kier alpha value is -0.133. The van der Waals surface area contributed by atoms with Crippen LogP contribution in [0.1, 0.15) is 39.4 Å². The fraction of sp³-hybridized carbons (Fsp3) is 0.667. The van der Waals surface area contributed by atoms with Crippen LogP contribution in [0.2, 0.25) is 28.2 Å². The molecule has 6 heteroatoms. The van der Waals surface area contributed by atoms with E-state index in [1.807, 2.05) is 6.92 Å². The molecule has 1 heterocycles. The van der Waals surface area contributed by atoms with E-state index in [1.54, 1.807) is 19.5 Å². The van der Waals surface area contributed by atoms with Crippen LogP contribution < -0.4 is 0 Å². The van der Waals surface area contributed by atoms with Crippen molar-refractivity contribution in [3.63, 3.8) is 0 Å². The quantitative estimate of drug-likeness (QED) is 0.658. The third-order valence-electron chi connectivity index (χ3n) is 4.14. The third-order valence-corrected chi connectivity index (χ3v) is 9.32. The molecule has 0 unspecified atom stereocenters. The number of ether oxygens (including phenoxy) is 1. The standard InChI is InChI=1S/C15H25Cl2NO2Si/c1-10(20-21(6,7)15(2,3)4)14(19-5)13-11(16)8-18-9-12(13)17/h8-10,14H,1-7H3/t10-,14+/m1/s1. The third kappa shape index (κ3) is 4.42. The molecule has 0 bridgehead atoms. The molecule has 0 aliphatic carbocycles. The summed E-state index contributed by atoms with van der Waals surface area (Å²) < 4.78 is 12.0. The molecular weight excluding hydrogens is 325 g/mol. The van der Waals surface area contributed by atoms with E-state index < -0.39 is 8.32 Å². The highest BCUT2D eigenvalue weighted by atomic mass is 35.5. The highest BCUT2D eigenvalue weighted by Crippen LogP contribution is 2.40. The summed E-state index contributed by atoms with van der Waals surface area (Å²) in [5, 5.41) is 1.13. The molecular formula is C15H25Cl2NO2Si. The average Bonchev–Trinajstić information content (AvgIpc) is 2.31. The first-order valence-corrected chi connectivity index (χ1v) is 10.7. The summed E-state index contributed by atoms with van der Waals surface area (Å²) in [6.07, 6.45) is 2.69. The van der Waals surface area contributed by atoms with E-state index in [1.165, 1.54) is 0 Å². The minimum Gasteiger partial charge on any atom is -0.411 e. The van der Waals surface area contributed by atoms with Gasteiger partial charge in [-0.25, -0.2) is 0 Å². The van der Waals surface area contributed by atoms with Crippen molar-refractivity contribution >= 4 is 31.5 Å². The van der Waals surface area contributed by atoms with Gasteiger partial charge in [0.05, 0.1) is 16.1 Å². The molecule has 0 aromatic carbocycles. The molecule has 0 saturated heterocycles. The second kappa shape index (κ2) is 6.96. The highest BCUT2D eigenvalue weighted by molar-refractivity contribution is 6.74. The minimum absolute atomic E-state index is 0.130. The van der Waals surface area contributed by atoms with Gasteiger partial charge < -0.3 is 9.16 Å². The van der Waals surface area contributed by atoms with E-state index in [0.717, 1.165) is 5.56 Å². The lowest BCUT2D eigenvalue weighted by atomic mass is 10.1. The van der Waals surface area contributed by atoms with Crippen LogP contribution in [0.4, 0.5) is 0 Å². The van der Waals surface area contributed by atoms with Crippen molar-refractivity contribution in [3.05, 3.63) is 28.0 Å². The van der Waals surface area contributed by atoms with Gasteiger partial charge in [-0.1, -0.05) is 44.0 Å². The van der Waals surface area contributed by atoms with Gasteiger partial charge in [-0.05, 0) is 25.1 Å². The van der Waals surface area contributed by atoms with Crippen molar-refractivity contribution in [2.45, 2.75) is 58.0 Å². The van der Waals surface area contributed by atoms with Gasteiger partial charge in [0, 0.05) is 25.1 Å². The lowest BCUT2D eigenvalue weighted by Gasteiger charge is -2.40. The van der Waals surface area contributed by atoms with Crippen molar-refractivity contribution in [3.8, 4) is 0 Å². The predicted molar refractivity (Wildman–Crippen MR) is 91.8 cm³/mol. The number of methoxy groups -OCH3 is 1. The van der Waals surface area contributed by atoms with Gasteiger partial charge in [0.1, 0.15) is 6.10 Å². The normalized spacial score (nSPS) is 15.9. The summed E-state index contributed by atoms with van der Waals surface area (Å²) in [4.78, 5) is 3.98. The van der Waals surface area contributed by atoms with Gasteiger partial charge in [0.2, 0.25) is 0 Å². The monoisotopic (exact) mass is 349 g/mol. The van der Waals surface area contributed by atoms with E-state index in [0.29, 0.717) is 10.0 Å². The van der Waals surface area contributed by atoms with E-state index in [2.05, 4.69) is 38.8 Å². The van der Waals surface area contributed by atoms with Crippen molar-refractivity contribution in [2.75, 3.05) is 7.11 Å². The van der Waals surface area contributed by atoms with Gasteiger partial charge in [-0.2, -0.15) is 0 Å². The van der Waals surface area contributed by atoms with Crippen LogP contribution in [0.3, 0.4) is 0 Å². The Labute approximate surface area is 139 Å². The summed E-state index contributed by atoms with van der Waals surface area (Å²) in [5.41, 5.74) is 0.738. The van der Waals surface area contributed by atoms with Gasteiger partial charge >= 0.3 is 0 Å². The topological polar surface area (TPSA) is 31.4 Å². The van der Waals surface area contributed by atoms with E-state index in [4.69, 9.17) is 32.4 Å². The maximum Gasteiger partial charge on any atom is 0.192 e. The first-order valence-electron chi connectivity index (χ1n) is 7.00. The molecule has 0 aliphatic rings. The average molecular weight is 350 g/mol. The SMILES string of the molecule is CO[C@H](c1c(Cl)cncc1Cl)[C@@H](C)O[Si](C)(C)C(C)(C)C. The molecule has 2 atom stereocenters. The Balaban J connectivity index is 3.06. The molecule has 0 aliphatic heterocycles. The Morgan fingerprint density at radius 3 is 2.00 bits per heavy atom. The van der Waals surface area contributed by atoms with Crippen molar-refractivity contribution in [2.24, 2.45) is 0 Å². The zero-order valence-electron chi connectivity index (χ0n) is 13.8. The minimum atomic E-state index is -1.90. The van der Waals surface area contributed by atoms with Crippen LogP contribution >= 0.6 is 23.2 Å². The Bertz CT molecular complexity index is 469. The molecule has 120 valence electrons. The van der Waals surface area contributed by atoms with Gasteiger partial charge in [-0.15, -0.1) is 0 Å². The van der Waals surface area contributed by atoms with Crippen LogP contribution in [0.5, 0.6) is 0 Å². The van der Waals surface area contributed by atoms with E-state index in [-0.39, 0.29) is 17.2 Å². The zero-order chi connectivity index (χ0) is 16.4. The number of aromatic nitrogens is 1. The van der Waals surface area contributed by atoms with Crippen LogP contribution in [0.15, 0.2) is 12.4 Å². The summed E-state index contributed by atoms with van der Waals surface area (Å²) >= 11 is 12.5. The maximum absolute atomic E-state index is 6.40. The van der Waals surface area contributed by atoms with Crippen LogP contribution in [-0.2, 0) is 9.16 Å². The van der Waals surface area contributed by atoms with Gasteiger partial charge in [0.25, 0.3) is 0 Å². The van der Waals surface area contributed by atoms with Crippen LogP contribution in [-0.4, -0.2) is 26.5 Å². The molecule has 3 nitrogen and oxygen atoms in total. The number of hydrogen-bond acceptors (Lipinski definition) is 3. The number of rotatable bonds is 5. The van der Waals surface area contributed by atoms with Gasteiger partial charge in [-0.3, -0.25) is 4.98 Å². The Morgan fingerprint density at radius 2 is 1.62 bits per heavy atom. The van der Waals surface area contributed by atoms with Crippen molar-refractivity contribution in [1.82, 2.24) is 4.98 Å². The lowest BCUT2D eigenvalue weighted by Crippen LogP contribution is -2.44. The summed E-state index contributed by atoms with van der Waals surface area (Å²) in [7, 11) is -0.254. The molecule has 1 rings (SSSR count). The highest BCUT2D eigenvalue weighted by Gasteiger charge is 2.40. The summed E-state index contributed by atoms with van der Waals surface area (Å²) in [5.74, 6) is 0. The molecule has 1 aromatic rings. The Morgan fingerprint density at radius 1 is 1.14 bits per heavy atom. The fourth-order valence-electron chi connectivity index (χ4n) is 1.94. The number of pyridine rings is 1. The maximum atomic E-state index is 6.40. The van der Waals surface area contributed by atoms with Crippen molar-refractivity contribution < 1.29 is 9.16 Å². The summed E-state index contributed by atoms with van der Waals surface area (Å²) in [6.45, 7) is 13.1. The van der Waals surface area contributed by atoms with E-state index >= 15 is 0 Å². The number of halogens is 2. The second-order valence-corrected chi connectivity index (χ2v) is 12.3. The lowest BCUT2D eigenvalue weighted by molar-refractivity contribution is 0.00301. The second-order valence-electron chi connectivity index (χ2n) is 6.76. The first-order chi connectivity index (χ1) is 9.51. The summed E-state index contributed by atoms with van der Waals surface area (Å²) in [6, 6.07) is 0. The van der Waals surface area contributed by atoms with Crippen LogP contribution in [0.25, 0.3) is 0 Å². The van der Waals surface area contributed by atoms with E-state index in [9.17, 15) is 0 Å². The molecule has 0 amide bonds. The molecule has 0 N–H and O–H groups in total. The van der Waals surface area contributed by atoms with Gasteiger partial charge in [0.15, 0.2) is 8.32 Å². The molecule has 0 saturated carbocycles. The first kappa shape index (κ1) is 18.9. The smallest absolute Gasteiger partial charge is 0.192 e. The molecule has 1 aromatic heterocycles. The molecule has 0 radical (unpaired) electrons. The molecule has 21 heavy (non-hydrogen) atoms. The van der Waals surface area contributed by atoms with Crippen molar-refractivity contribution in [1.29, 1.82) is 0 Å². The molecule has 0 fully saturated rings. The fourth-order valence-corrected chi connectivity index (χ4v) is 3.93. The Kier molecular flexibility index (Phi) is 6.27. The number of nitrogens with zero attached hydrogens (tertiary/aromatic N) is 1. The number of hydrogen-bond donors (Lipinski definition) is 0. The molecule has 0 spiro atoms.